The van der Waals surface area contributed by atoms with E-state index in [1.54, 1.807) is 25.0 Å². The molecule has 0 saturated heterocycles. The number of carbonyl (C=O) groups is 2. The van der Waals surface area contributed by atoms with Crippen LogP contribution in [0.3, 0.4) is 0 Å². The molecule has 0 spiro atoms. The highest BCUT2D eigenvalue weighted by molar-refractivity contribution is 6.01. The molecule has 1 atom stereocenters. The standard InChI is InChI=1S/C20H21N3O5/c1-26-15-9-4-6-11(18(15)27-2)17-16-13(7-5-8-14(16)24)22-19-12(20(25)28-3)10-21-23(17)19/h4,6,9-10,17,22H,5,7-8H2,1-3H3. The van der Waals surface area contributed by atoms with E-state index in [9.17, 15) is 9.59 Å². The van der Waals surface area contributed by atoms with E-state index in [-0.39, 0.29) is 5.78 Å². The second-order valence-electron chi connectivity index (χ2n) is 6.62. The number of para-hydroxylation sites is 1. The lowest BCUT2D eigenvalue weighted by Gasteiger charge is -2.34. The van der Waals surface area contributed by atoms with Crippen LogP contribution in [-0.2, 0) is 9.53 Å². The average molecular weight is 383 g/mol. The molecule has 1 aliphatic carbocycles. The van der Waals surface area contributed by atoms with Gasteiger partial charge < -0.3 is 19.5 Å². The lowest BCUT2D eigenvalue weighted by Crippen LogP contribution is -2.32. The molecule has 2 heterocycles. The molecule has 0 bridgehead atoms. The van der Waals surface area contributed by atoms with Gasteiger partial charge in [-0.25, -0.2) is 9.48 Å². The van der Waals surface area contributed by atoms with Crippen LogP contribution in [0.1, 0.15) is 41.2 Å². The van der Waals surface area contributed by atoms with Gasteiger partial charge in [-0.1, -0.05) is 12.1 Å². The first-order valence-electron chi connectivity index (χ1n) is 9.00. The van der Waals surface area contributed by atoms with E-state index in [0.717, 1.165) is 24.1 Å². The van der Waals surface area contributed by atoms with Crippen molar-refractivity contribution in [3.8, 4) is 11.5 Å². The summed E-state index contributed by atoms with van der Waals surface area (Å²) in [6.07, 6.45) is 3.41. The molecule has 0 amide bonds. The molecule has 0 saturated carbocycles. The van der Waals surface area contributed by atoms with Crippen LogP contribution in [0.5, 0.6) is 11.5 Å². The van der Waals surface area contributed by atoms with Crippen molar-refractivity contribution in [2.75, 3.05) is 26.6 Å². The van der Waals surface area contributed by atoms with Gasteiger partial charge in [0.15, 0.2) is 17.3 Å². The number of nitrogens with one attached hydrogen (secondary N) is 1. The Labute approximate surface area is 162 Å². The van der Waals surface area contributed by atoms with Gasteiger partial charge in [0.1, 0.15) is 17.4 Å². The minimum absolute atomic E-state index is 0.0596. The summed E-state index contributed by atoms with van der Waals surface area (Å²) in [7, 11) is 4.45. The Hall–Kier alpha value is -3.29. The van der Waals surface area contributed by atoms with Crippen molar-refractivity contribution in [2.45, 2.75) is 25.3 Å². The highest BCUT2D eigenvalue weighted by atomic mass is 16.5. The fraction of sp³-hybridized carbons (Fsp3) is 0.350. The minimum Gasteiger partial charge on any atom is -0.493 e. The zero-order valence-corrected chi connectivity index (χ0v) is 15.9. The third-order valence-corrected chi connectivity index (χ3v) is 5.17. The second-order valence-corrected chi connectivity index (χ2v) is 6.62. The molecule has 1 aliphatic heterocycles. The van der Waals surface area contributed by atoms with Gasteiger partial charge in [-0.15, -0.1) is 0 Å². The number of methoxy groups -OCH3 is 3. The summed E-state index contributed by atoms with van der Waals surface area (Å²) >= 11 is 0. The number of anilines is 1. The quantitative estimate of drug-likeness (QED) is 0.812. The summed E-state index contributed by atoms with van der Waals surface area (Å²) in [4.78, 5) is 25.1. The Kier molecular flexibility index (Phi) is 4.54. The molecular formula is C20H21N3O5. The number of rotatable bonds is 4. The zero-order chi connectivity index (χ0) is 19.8. The number of benzene rings is 1. The van der Waals surface area contributed by atoms with Crippen molar-refractivity contribution in [1.82, 2.24) is 9.78 Å². The van der Waals surface area contributed by atoms with E-state index in [1.165, 1.54) is 13.3 Å². The third-order valence-electron chi connectivity index (χ3n) is 5.17. The number of ketones is 1. The van der Waals surface area contributed by atoms with Gasteiger partial charge in [-0.05, 0) is 18.9 Å². The lowest BCUT2D eigenvalue weighted by molar-refractivity contribution is -0.116. The van der Waals surface area contributed by atoms with Gasteiger partial charge in [0.2, 0.25) is 0 Å². The Morgan fingerprint density at radius 1 is 1.21 bits per heavy atom. The molecule has 1 unspecified atom stereocenters. The van der Waals surface area contributed by atoms with Gasteiger partial charge in [-0.3, -0.25) is 4.79 Å². The number of hydrogen-bond acceptors (Lipinski definition) is 7. The first-order chi connectivity index (χ1) is 13.6. The van der Waals surface area contributed by atoms with Crippen LogP contribution in [-0.4, -0.2) is 42.9 Å². The van der Waals surface area contributed by atoms with Crippen molar-refractivity contribution < 1.29 is 23.8 Å². The number of fused-ring (bicyclic) bond motifs is 1. The summed E-state index contributed by atoms with van der Waals surface area (Å²) in [6.45, 7) is 0. The van der Waals surface area contributed by atoms with Crippen LogP contribution in [0, 0.1) is 0 Å². The SMILES string of the molecule is COC(=O)c1cnn2c1NC1=C(C(=O)CCC1)C2c1cccc(OC)c1OC. The Bertz CT molecular complexity index is 992. The fourth-order valence-corrected chi connectivity index (χ4v) is 3.93. The number of carbonyl (C=O) groups excluding carboxylic acids is 2. The molecule has 0 fully saturated rings. The smallest absolute Gasteiger partial charge is 0.343 e. The largest absolute Gasteiger partial charge is 0.493 e. The Morgan fingerprint density at radius 3 is 2.75 bits per heavy atom. The maximum atomic E-state index is 12.9. The van der Waals surface area contributed by atoms with Gasteiger partial charge >= 0.3 is 5.97 Å². The number of esters is 1. The first-order valence-corrected chi connectivity index (χ1v) is 9.00. The molecule has 1 aromatic heterocycles. The van der Waals surface area contributed by atoms with Crippen molar-refractivity contribution in [1.29, 1.82) is 0 Å². The summed E-state index contributed by atoms with van der Waals surface area (Å²) < 4.78 is 17.6. The van der Waals surface area contributed by atoms with E-state index < -0.39 is 12.0 Å². The van der Waals surface area contributed by atoms with Gasteiger partial charge in [-0.2, -0.15) is 5.10 Å². The third kappa shape index (κ3) is 2.64. The zero-order valence-electron chi connectivity index (χ0n) is 15.9. The number of Topliss-reactive ketones (excluding diaryl/α,β-unsaturated/α-hetero) is 1. The molecule has 0 radical (unpaired) electrons. The van der Waals surface area contributed by atoms with E-state index in [1.807, 2.05) is 12.1 Å². The molecular weight excluding hydrogens is 362 g/mol. The maximum Gasteiger partial charge on any atom is 0.343 e. The van der Waals surface area contributed by atoms with E-state index in [4.69, 9.17) is 14.2 Å². The highest BCUT2D eigenvalue weighted by Gasteiger charge is 2.39. The topological polar surface area (TPSA) is 91.7 Å². The monoisotopic (exact) mass is 383 g/mol. The molecule has 1 N–H and O–H groups in total. The van der Waals surface area contributed by atoms with Crippen LogP contribution >= 0.6 is 0 Å². The molecule has 28 heavy (non-hydrogen) atoms. The summed E-state index contributed by atoms with van der Waals surface area (Å²) in [5.41, 5.74) is 2.51. The van der Waals surface area contributed by atoms with Crippen LogP contribution < -0.4 is 14.8 Å². The predicted molar refractivity (Wildman–Crippen MR) is 101 cm³/mol. The van der Waals surface area contributed by atoms with Crippen molar-refractivity contribution in [3.05, 3.63) is 46.8 Å². The highest BCUT2D eigenvalue weighted by Crippen LogP contribution is 2.46. The van der Waals surface area contributed by atoms with E-state index in [2.05, 4.69) is 10.4 Å². The molecule has 2 aromatic rings. The Morgan fingerprint density at radius 2 is 2.04 bits per heavy atom. The average Bonchev–Trinajstić information content (AvgIpc) is 3.14. The minimum atomic E-state index is -0.525. The molecule has 8 nitrogen and oxygen atoms in total. The Balaban J connectivity index is 1.97. The molecule has 1 aromatic carbocycles. The van der Waals surface area contributed by atoms with Crippen molar-refractivity contribution >= 4 is 17.6 Å². The number of hydrogen-bond donors (Lipinski definition) is 1. The first kappa shape index (κ1) is 18.1. The number of allylic oxidation sites excluding steroid dienone is 2. The van der Waals surface area contributed by atoms with Crippen LogP contribution in [0.4, 0.5) is 5.82 Å². The lowest BCUT2D eigenvalue weighted by atomic mass is 9.85. The van der Waals surface area contributed by atoms with E-state index >= 15 is 0 Å². The molecule has 146 valence electrons. The van der Waals surface area contributed by atoms with Crippen LogP contribution in [0.25, 0.3) is 0 Å². The molecule has 8 heteroatoms. The van der Waals surface area contributed by atoms with Crippen molar-refractivity contribution in [2.24, 2.45) is 0 Å². The second kappa shape index (κ2) is 7.03. The number of nitrogens with zero attached hydrogens (tertiary/aromatic N) is 2. The normalized spacial score (nSPS) is 18.1. The van der Waals surface area contributed by atoms with Gasteiger partial charge in [0, 0.05) is 23.3 Å². The molecule has 2 aliphatic rings. The van der Waals surface area contributed by atoms with Gasteiger partial charge in [0.25, 0.3) is 0 Å². The molecule has 4 rings (SSSR count). The summed E-state index contributed by atoms with van der Waals surface area (Å²) in [6, 6.07) is 5.00. The van der Waals surface area contributed by atoms with Crippen LogP contribution in [0.15, 0.2) is 35.7 Å². The maximum absolute atomic E-state index is 12.9. The summed E-state index contributed by atoms with van der Waals surface area (Å²) in [5, 5.41) is 7.66. The van der Waals surface area contributed by atoms with Crippen LogP contribution in [0.2, 0.25) is 0 Å². The number of aromatic nitrogens is 2. The van der Waals surface area contributed by atoms with E-state index in [0.29, 0.717) is 34.9 Å². The van der Waals surface area contributed by atoms with Gasteiger partial charge in [0.05, 0.1) is 27.5 Å². The fourth-order valence-electron chi connectivity index (χ4n) is 3.93. The number of ether oxygens (including phenoxy) is 3. The summed E-state index contributed by atoms with van der Waals surface area (Å²) in [5.74, 6) is 1.17. The predicted octanol–water partition coefficient (Wildman–Crippen LogP) is 2.71. The van der Waals surface area contributed by atoms with Crippen molar-refractivity contribution in [3.63, 3.8) is 0 Å².